The summed E-state index contributed by atoms with van der Waals surface area (Å²) in [5.41, 5.74) is 6.58. The van der Waals surface area contributed by atoms with Crippen molar-refractivity contribution in [1.29, 1.82) is 0 Å². The van der Waals surface area contributed by atoms with Crippen LogP contribution in [0.15, 0.2) is 255 Å². The lowest BCUT2D eigenvalue weighted by Gasteiger charge is -2.53. The lowest BCUT2D eigenvalue weighted by atomic mass is 9.93. The molecule has 8 aromatic rings. The van der Waals surface area contributed by atoms with Crippen LogP contribution in [-0.4, -0.2) is 203 Å². The number of Topliss-reactive ketones (excluding diaryl/α,β-unsaturated/α-hetero) is 1. The maximum atomic E-state index is 15.4. The molecule has 27 nitrogen and oxygen atoms in total. The fraction of sp³-hybridized carbons (Fsp3) is 0.465. The van der Waals surface area contributed by atoms with Gasteiger partial charge in [0.2, 0.25) is 5.91 Å². The first-order chi connectivity index (χ1) is 62.3. The monoisotopic (exact) mass is 1760 g/mol. The minimum absolute atomic E-state index is 0.00608. The van der Waals surface area contributed by atoms with E-state index in [1.807, 2.05) is 250 Å². The zero-order chi connectivity index (χ0) is 89.3. The SMILES string of the molecule is C=CCO[C@@H]1O[C@@H]2COC(C)(C)O[C@H]2[C@H](O[C@@H]2O[C@@H](C)[C@H](OCc3ccccc3)[C@@H](O[C@@H]3O[C@@H](C)[C@H](OCc4ccccc4)[C@@H](OCc4ccccc4)[C@H]3O[C@@H]3O[C@@H](C)[C@H](OCc4ccccc4)[C@@H](O[C@H]4O[C@H](COCc5ccccc5)[C@@H](OCc5ccccc5)[C@H](OCc5ccccc5)[C@H]4OCc4ccccc4)[C@H]3OC(=O)CCC(C)=O)[C@H]2OC(C)=O)[C@H]1NC(C)=O. The highest BCUT2D eigenvalue weighted by molar-refractivity contribution is 5.81. The van der Waals surface area contributed by atoms with Gasteiger partial charge in [-0.05, 0) is 86.1 Å². The first-order valence-electron chi connectivity index (χ1n) is 44.0. The van der Waals surface area contributed by atoms with E-state index < -0.39 is 184 Å². The van der Waals surface area contributed by atoms with Crippen molar-refractivity contribution in [2.24, 2.45) is 0 Å². The third kappa shape index (κ3) is 26.3. The lowest BCUT2D eigenvalue weighted by Crippen LogP contribution is -2.71. The van der Waals surface area contributed by atoms with Crippen LogP contribution in [0.5, 0.6) is 0 Å². The van der Waals surface area contributed by atoms with Crippen molar-refractivity contribution in [1.82, 2.24) is 5.32 Å². The Bertz CT molecular complexity index is 4670. The highest BCUT2D eigenvalue weighted by atomic mass is 16.8. The molecule has 25 atom stereocenters. The summed E-state index contributed by atoms with van der Waals surface area (Å²) in [6.07, 6.45) is -29.4. The lowest BCUT2D eigenvalue weighted by molar-refractivity contribution is -0.410. The maximum absolute atomic E-state index is 15.4. The molecule has 6 saturated heterocycles. The highest BCUT2D eigenvalue weighted by Gasteiger charge is 2.61. The molecule has 6 heterocycles. The molecule has 128 heavy (non-hydrogen) atoms. The van der Waals surface area contributed by atoms with Gasteiger partial charge in [0, 0.05) is 20.3 Å². The molecule has 0 unspecified atom stereocenters. The van der Waals surface area contributed by atoms with Gasteiger partial charge in [-0.2, -0.15) is 0 Å². The van der Waals surface area contributed by atoms with Crippen LogP contribution in [0.2, 0.25) is 0 Å². The Balaban J connectivity index is 0.918. The number of benzene rings is 8. The fourth-order valence-electron chi connectivity index (χ4n) is 16.7. The summed E-state index contributed by atoms with van der Waals surface area (Å²) in [6, 6.07) is 76.0. The summed E-state index contributed by atoms with van der Waals surface area (Å²) < 4.78 is 156. The second-order valence-electron chi connectivity index (χ2n) is 33.3. The number of fused-ring (bicyclic) bond motifs is 1. The van der Waals surface area contributed by atoms with E-state index in [-0.39, 0.29) is 84.9 Å². The third-order valence-electron chi connectivity index (χ3n) is 23.0. The van der Waals surface area contributed by atoms with Gasteiger partial charge < -0.3 is 114 Å². The number of carbonyl (C=O) groups excluding carboxylic acids is 4. The first kappa shape index (κ1) is 94.9. The first-order valence-corrected chi connectivity index (χ1v) is 44.0. The molecule has 0 radical (unpaired) electrons. The molecule has 6 aliphatic heterocycles. The average Bonchev–Trinajstić information content (AvgIpc) is 0.753. The van der Waals surface area contributed by atoms with E-state index in [2.05, 4.69) is 11.9 Å². The Morgan fingerprint density at radius 1 is 0.375 bits per heavy atom. The van der Waals surface area contributed by atoms with Gasteiger partial charge in [-0.3, -0.25) is 14.4 Å². The summed E-state index contributed by atoms with van der Waals surface area (Å²) in [5.74, 6) is -3.56. The summed E-state index contributed by atoms with van der Waals surface area (Å²) in [6.45, 7) is 17.1. The standard InChI is InChI=1S/C101H119NO26/c1-10-53-108-96-81(102-68(6)104)87(86-79(121-96)63-116-101(8,9)128-86)124-99-94(120-69(7)105)90(83(66(4)118-99)110-56-72-39-23-13-24-40-72)126-98-93(88(113-59-75-45-29-16-30-46-75)82(65(3)117-98)109-55-71-37-21-12-22-38-71)127-100-95(123-80(106)52-51-64(2)103)91(84(67(5)119-100)111-57-73-41-25-14-26-42-73)125-97-92(115-61-77-49-33-18-34-50-77)89(114-60-76-47-31-17-32-48-76)85(112-58-74-43-27-15-28-44-74)78(122-97)62-107-54-70-35-19-11-20-36-70/h10-50,65-67,78-79,81-100H,1,51-63H2,2-9H3,(H,102,104)/t65-,66-,67-,78+,79+,81+,82-,83-,84-,85+,86+,87+,88+,89-,90+,91+,92+,93+,94+,95+,96+,97+,98-,99-,100-/m0/s1. The van der Waals surface area contributed by atoms with Gasteiger partial charge >= 0.3 is 11.9 Å². The van der Waals surface area contributed by atoms with Crippen LogP contribution in [0.1, 0.15) is 113 Å². The van der Waals surface area contributed by atoms with Crippen molar-refractivity contribution < 1.29 is 123 Å². The number of rotatable bonds is 42. The molecular formula is C101H119NO26. The second kappa shape index (κ2) is 47.0. The Labute approximate surface area is 748 Å². The van der Waals surface area contributed by atoms with E-state index in [9.17, 15) is 14.4 Å². The minimum Gasteiger partial charge on any atom is -0.454 e. The topological polar surface area (TPSA) is 283 Å². The highest BCUT2D eigenvalue weighted by Crippen LogP contribution is 2.44. The van der Waals surface area contributed by atoms with E-state index in [0.29, 0.717) is 0 Å². The average molecular weight is 1760 g/mol. The molecule has 0 saturated carbocycles. The van der Waals surface area contributed by atoms with E-state index in [0.717, 1.165) is 44.5 Å². The number of esters is 2. The van der Waals surface area contributed by atoms with Crippen molar-refractivity contribution in [3.8, 4) is 0 Å². The van der Waals surface area contributed by atoms with Gasteiger partial charge in [-0.15, -0.1) is 6.58 Å². The van der Waals surface area contributed by atoms with Crippen LogP contribution in [0.4, 0.5) is 0 Å². The quantitative estimate of drug-likeness (QED) is 0.0275. The number of ether oxygens (including phenoxy) is 22. The van der Waals surface area contributed by atoms with Crippen LogP contribution in [0.25, 0.3) is 0 Å². The Hall–Kier alpha value is -9.22. The predicted molar refractivity (Wildman–Crippen MR) is 465 cm³/mol. The summed E-state index contributed by atoms with van der Waals surface area (Å²) in [4.78, 5) is 56.4. The summed E-state index contributed by atoms with van der Waals surface area (Å²) in [5, 5.41) is 3.01. The van der Waals surface area contributed by atoms with Gasteiger partial charge in [0.05, 0.1) is 97.4 Å². The van der Waals surface area contributed by atoms with Gasteiger partial charge in [-0.25, -0.2) is 0 Å². The molecule has 0 spiro atoms. The van der Waals surface area contributed by atoms with Gasteiger partial charge in [0.25, 0.3) is 0 Å². The molecule has 1 N–H and O–H groups in total. The van der Waals surface area contributed by atoms with Crippen LogP contribution in [0, 0.1) is 0 Å². The number of hydrogen-bond donors (Lipinski definition) is 1. The van der Waals surface area contributed by atoms with Crippen LogP contribution >= 0.6 is 0 Å². The molecule has 1 amide bonds. The van der Waals surface area contributed by atoms with Gasteiger partial charge in [0.1, 0.15) is 97.3 Å². The Morgan fingerprint density at radius 3 is 1.12 bits per heavy atom. The van der Waals surface area contributed by atoms with Crippen molar-refractivity contribution in [2.45, 2.75) is 280 Å². The molecule has 14 rings (SSSR count). The second-order valence-corrected chi connectivity index (χ2v) is 33.3. The fourth-order valence-corrected chi connectivity index (χ4v) is 16.7. The van der Waals surface area contributed by atoms with E-state index in [4.69, 9.17) is 104 Å². The smallest absolute Gasteiger partial charge is 0.306 e. The Morgan fingerprint density at radius 2 is 0.719 bits per heavy atom. The number of carbonyl (C=O) groups is 4. The Kier molecular flexibility index (Phi) is 34.9. The van der Waals surface area contributed by atoms with E-state index >= 15 is 4.79 Å². The molecule has 27 heteroatoms. The van der Waals surface area contributed by atoms with Crippen LogP contribution < -0.4 is 5.32 Å². The van der Waals surface area contributed by atoms with Crippen molar-refractivity contribution >= 4 is 23.6 Å². The molecule has 6 fully saturated rings. The van der Waals surface area contributed by atoms with Gasteiger partial charge in [-0.1, -0.05) is 249 Å². The minimum atomic E-state index is -1.76. The van der Waals surface area contributed by atoms with Crippen molar-refractivity contribution in [2.75, 3.05) is 19.8 Å². The zero-order valence-corrected chi connectivity index (χ0v) is 73.6. The zero-order valence-electron chi connectivity index (χ0n) is 73.6. The van der Waals surface area contributed by atoms with Crippen LogP contribution in [0.3, 0.4) is 0 Å². The van der Waals surface area contributed by atoms with Crippen molar-refractivity contribution in [3.63, 3.8) is 0 Å². The normalized spacial score (nSPS) is 30.4. The molecule has 6 aliphatic rings. The molecule has 8 aromatic carbocycles. The number of amides is 1. The summed E-state index contributed by atoms with van der Waals surface area (Å²) >= 11 is 0. The number of nitrogens with one attached hydrogen (secondary N) is 1. The van der Waals surface area contributed by atoms with E-state index in [1.54, 1.807) is 33.8 Å². The molecule has 684 valence electrons. The van der Waals surface area contributed by atoms with Gasteiger partial charge in [0.15, 0.2) is 49.4 Å². The van der Waals surface area contributed by atoms with E-state index in [1.165, 1.54) is 20.8 Å². The molecule has 0 aliphatic carbocycles. The molecular weight excluding hydrogens is 1640 g/mol. The predicted octanol–water partition coefficient (Wildman–Crippen LogP) is 13.6. The molecule has 0 aromatic heterocycles. The van der Waals surface area contributed by atoms with Crippen molar-refractivity contribution in [3.05, 3.63) is 300 Å². The maximum Gasteiger partial charge on any atom is 0.306 e. The number of hydrogen-bond acceptors (Lipinski definition) is 26. The summed E-state index contributed by atoms with van der Waals surface area (Å²) in [7, 11) is 0. The molecule has 0 bridgehead atoms. The van der Waals surface area contributed by atoms with Crippen LogP contribution in [-0.2, 0) is 176 Å². The largest absolute Gasteiger partial charge is 0.454 e. The number of ketones is 1. The third-order valence-corrected chi connectivity index (χ3v) is 23.0.